The van der Waals surface area contributed by atoms with Crippen LogP contribution in [0.15, 0.2) is 24.3 Å². The van der Waals surface area contributed by atoms with Gasteiger partial charge >= 0.3 is 0 Å². The number of hydrogen-bond donors (Lipinski definition) is 2. The molecule has 7 heteroatoms. The molecule has 2 aromatic rings. The molecule has 0 aromatic heterocycles. The van der Waals surface area contributed by atoms with Crippen molar-refractivity contribution in [1.29, 1.82) is 0 Å². The maximum Gasteiger partial charge on any atom is 0.200 e. The summed E-state index contributed by atoms with van der Waals surface area (Å²) >= 11 is 0. The van der Waals surface area contributed by atoms with E-state index in [-0.39, 0.29) is 40.3 Å². The van der Waals surface area contributed by atoms with Crippen molar-refractivity contribution in [1.82, 2.24) is 0 Å². The van der Waals surface area contributed by atoms with Crippen LogP contribution in [0.5, 0.6) is 34.5 Å². The molecule has 28 heavy (non-hydrogen) atoms. The normalized spacial score (nSPS) is 12.8. The molecule has 0 aliphatic heterocycles. The van der Waals surface area contributed by atoms with Crippen molar-refractivity contribution < 1.29 is 34.0 Å². The van der Waals surface area contributed by atoms with E-state index in [1.54, 1.807) is 38.1 Å². The lowest BCUT2D eigenvalue weighted by molar-refractivity contribution is -0.121. The van der Waals surface area contributed by atoms with Crippen molar-refractivity contribution in [2.45, 2.75) is 25.7 Å². The Labute approximate surface area is 164 Å². The van der Waals surface area contributed by atoms with Gasteiger partial charge in [-0.05, 0) is 35.4 Å². The molecule has 2 atom stereocenters. The van der Waals surface area contributed by atoms with Crippen LogP contribution < -0.4 is 18.9 Å². The summed E-state index contributed by atoms with van der Waals surface area (Å²) in [5.74, 6) is -0.365. The van der Waals surface area contributed by atoms with E-state index in [4.69, 9.17) is 18.9 Å². The van der Waals surface area contributed by atoms with Crippen molar-refractivity contribution in [3.63, 3.8) is 0 Å². The first-order valence-electron chi connectivity index (χ1n) is 8.72. The maximum absolute atomic E-state index is 13.1. The highest BCUT2D eigenvalue weighted by Gasteiger charge is 2.26. The molecule has 0 aliphatic rings. The smallest absolute Gasteiger partial charge is 0.200 e. The number of Topliss-reactive ketones (excluding diaryl/α,β-unsaturated/α-hetero) is 1. The molecule has 0 fully saturated rings. The van der Waals surface area contributed by atoms with Gasteiger partial charge in [0.15, 0.2) is 23.0 Å². The summed E-state index contributed by atoms with van der Waals surface area (Å²) < 4.78 is 20.7. The second-order valence-electron chi connectivity index (χ2n) is 6.39. The van der Waals surface area contributed by atoms with Gasteiger partial charge in [-0.3, -0.25) is 4.79 Å². The van der Waals surface area contributed by atoms with Gasteiger partial charge in [-0.2, -0.15) is 0 Å². The van der Waals surface area contributed by atoms with E-state index < -0.39 is 11.8 Å². The number of ether oxygens (including phenoxy) is 4. The maximum atomic E-state index is 13.1. The van der Waals surface area contributed by atoms with E-state index in [1.165, 1.54) is 28.4 Å². The van der Waals surface area contributed by atoms with Crippen LogP contribution >= 0.6 is 0 Å². The Bertz CT molecular complexity index is 740. The van der Waals surface area contributed by atoms with E-state index >= 15 is 0 Å². The largest absolute Gasteiger partial charge is 0.502 e. The molecule has 0 radical (unpaired) electrons. The molecular formula is C21H26O7. The van der Waals surface area contributed by atoms with Gasteiger partial charge in [0, 0.05) is 11.8 Å². The van der Waals surface area contributed by atoms with Gasteiger partial charge in [-0.25, -0.2) is 0 Å². The van der Waals surface area contributed by atoms with Crippen molar-refractivity contribution >= 4 is 5.78 Å². The van der Waals surface area contributed by atoms with Crippen LogP contribution in [0.1, 0.15) is 36.8 Å². The zero-order chi connectivity index (χ0) is 21.0. The number of carbonyl (C=O) groups excluding carboxylic acids is 1. The summed E-state index contributed by atoms with van der Waals surface area (Å²) in [7, 11) is 5.73. The molecule has 0 heterocycles. The number of carbonyl (C=O) groups is 1. The number of aromatic hydroxyl groups is 2. The van der Waals surface area contributed by atoms with E-state index in [1.807, 2.05) is 0 Å². The van der Waals surface area contributed by atoms with Crippen molar-refractivity contribution in [2.24, 2.45) is 0 Å². The number of rotatable bonds is 8. The summed E-state index contributed by atoms with van der Waals surface area (Å²) in [5, 5.41) is 20.2. The van der Waals surface area contributed by atoms with E-state index in [2.05, 4.69) is 0 Å². The lowest BCUT2D eigenvalue weighted by Gasteiger charge is -2.20. The minimum Gasteiger partial charge on any atom is -0.502 e. The fourth-order valence-electron chi connectivity index (χ4n) is 3.03. The van der Waals surface area contributed by atoms with Gasteiger partial charge in [0.1, 0.15) is 5.78 Å². The minimum absolute atomic E-state index is 0.0652. The molecule has 0 saturated carbocycles. The second-order valence-corrected chi connectivity index (χ2v) is 6.39. The molecule has 2 unspecified atom stereocenters. The number of benzene rings is 2. The zero-order valence-electron chi connectivity index (χ0n) is 16.9. The number of phenolic OH excluding ortho intramolecular Hbond substituents is 2. The number of phenols is 2. The highest BCUT2D eigenvalue weighted by molar-refractivity contribution is 5.91. The molecule has 2 rings (SSSR count). The first kappa shape index (κ1) is 21.2. The van der Waals surface area contributed by atoms with Gasteiger partial charge in [-0.1, -0.05) is 13.8 Å². The molecule has 152 valence electrons. The molecule has 0 amide bonds. The van der Waals surface area contributed by atoms with Crippen molar-refractivity contribution in [3.8, 4) is 34.5 Å². The first-order valence-corrected chi connectivity index (χ1v) is 8.72. The third-order valence-corrected chi connectivity index (χ3v) is 4.86. The molecule has 7 nitrogen and oxygen atoms in total. The number of methoxy groups -OCH3 is 4. The summed E-state index contributed by atoms with van der Waals surface area (Å²) in [6.45, 7) is 3.55. The average Bonchev–Trinajstić information content (AvgIpc) is 2.72. The van der Waals surface area contributed by atoms with Gasteiger partial charge in [-0.15, -0.1) is 0 Å². The zero-order valence-corrected chi connectivity index (χ0v) is 16.9. The van der Waals surface area contributed by atoms with Crippen LogP contribution in [-0.4, -0.2) is 44.4 Å². The lowest BCUT2D eigenvalue weighted by atomic mass is 9.85. The Kier molecular flexibility index (Phi) is 6.62. The highest BCUT2D eigenvalue weighted by Crippen LogP contribution is 2.42. The Morgan fingerprint density at radius 3 is 1.14 bits per heavy atom. The van der Waals surface area contributed by atoms with Gasteiger partial charge in [0.05, 0.1) is 28.4 Å². The molecule has 2 aromatic carbocycles. The van der Waals surface area contributed by atoms with Gasteiger partial charge in [0.25, 0.3) is 0 Å². The summed E-state index contributed by atoms with van der Waals surface area (Å²) in [6.07, 6.45) is 0. The van der Waals surface area contributed by atoms with Gasteiger partial charge < -0.3 is 29.2 Å². The molecule has 0 aliphatic carbocycles. The monoisotopic (exact) mass is 390 g/mol. The van der Waals surface area contributed by atoms with Crippen molar-refractivity contribution in [2.75, 3.05) is 28.4 Å². The quantitative estimate of drug-likeness (QED) is 0.711. The predicted molar refractivity (Wildman–Crippen MR) is 104 cm³/mol. The van der Waals surface area contributed by atoms with E-state index in [0.29, 0.717) is 11.1 Å². The summed E-state index contributed by atoms with van der Waals surface area (Å²) in [6, 6.07) is 6.46. The van der Waals surface area contributed by atoms with Crippen LogP contribution in [0.4, 0.5) is 0 Å². The molecule has 0 spiro atoms. The standard InChI is InChI=1S/C21H26O7/c1-11(13-7-15(25-3)20(23)16(8-13)26-4)19(22)12(2)14-9-17(27-5)21(24)18(10-14)28-6/h7-12,23-24H,1-6H3. The lowest BCUT2D eigenvalue weighted by Crippen LogP contribution is -2.17. The highest BCUT2D eigenvalue weighted by atomic mass is 16.5. The minimum atomic E-state index is -0.496. The first-order chi connectivity index (χ1) is 13.3. The number of ketones is 1. The van der Waals surface area contributed by atoms with Crippen LogP contribution in [0.25, 0.3) is 0 Å². The third kappa shape index (κ3) is 3.93. The van der Waals surface area contributed by atoms with E-state index in [0.717, 1.165) is 0 Å². The number of hydrogen-bond acceptors (Lipinski definition) is 7. The summed E-state index contributed by atoms with van der Waals surface area (Å²) in [5.41, 5.74) is 1.31. The van der Waals surface area contributed by atoms with Crippen LogP contribution in [0.3, 0.4) is 0 Å². The third-order valence-electron chi connectivity index (χ3n) is 4.86. The topological polar surface area (TPSA) is 94.5 Å². The SMILES string of the molecule is COc1cc(C(C)C(=O)C(C)c2cc(OC)c(O)c(OC)c2)cc(OC)c1O. The fraction of sp³-hybridized carbons (Fsp3) is 0.381. The molecule has 0 saturated heterocycles. The Hall–Kier alpha value is -3.09. The Balaban J connectivity index is 2.41. The second kappa shape index (κ2) is 8.73. The molecular weight excluding hydrogens is 364 g/mol. The average molecular weight is 390 g/mol. The fourth-order valence-corrected chi connectivity index (χ4v) is 3.03. The Morgan fingerprint density at radius 1 is 0.679 bits per heavy atom. The Morgan fingerprint density at radius 2 is 0.929 bits per heavy atom. The van der Waals surface area contributed by atoms with Crippen LogP contribution in [-0.2, 0) is 4.79 Å². The van der Waals surface area contributed by atoms with E-state index in [9.17, 15) is 15.0 Å². The van der Waals surface area contributed by atoms with Crippen LogP contribution in [0, 0.1) is 0 Å². The molecule has 2 N–H and O–H groups in total. The predicted octanol–water partition coefficient (Wildman–Crippen LogP) is 3.61. The molecule has 0 bridgehead atoms. The summed E-state index contributed by atoms with van der Waals surface area (Å²) in [4.78, 5) is 13.1. The van der Waals surface area contributed by atoms with Crippen LogP contribution in [0.2, 0.25) is 0 Å². The van der Waals surface area contributed by atoms with Gasteiger partial charge in [0.2, 0.25) is 11.5 Å². The van der Waals surface area contributed by atoms with Crippen molar-refractivity contribution in [3.05, 3.63) is 35.4 Å².